The van der Waals surface area contributed by atoms with Crippen LogP contribution in [0.5, 0.6) is 0 Å². The number of carboxylic acid groups (broad SMARTS) is 2. The highest BCUT2D eigenvalue weighted by Gasteiger charge is 2.38. The highest BCUT2D eigenvalue weighted by Crippen LogP contribution is 2.31. The van der Waals surface area contributed by atoms with E-state index in [9.17, 15) is 19.2 Å². The highest BCUT2D eigenvalue weighted by molar-refractivity contribution is 7.99. The zero-order valence-corrected chi connectivity index (χ0v) is 18.2. The van der Waals surface area contributed by atoms with Gasteiger partial charge in [-0.15, -0.1) is 0 Å². The van der Waals surface area contributed by atoms with Gasteiger partial charge in [0.15, 0.2) is 0 Å². The minimum atomic E-state index is -0.978. The number of hydrogen-bond donors (Lipinski definition) is 3. The molecule has 0 aromatic heterocycles. The van der Waals surface area contributed by atoms with Gasteiger partial charge in [0.2, 0.25) is 5.91 Å². The first-order chi connectivity index (χ1) is 13.8. The van der Waals surface area contributed by atoms with Gasteiger partial charge in [0.25, 0.3) is 0 Å². The van der Waals surface area contributed by atoms with Crippen molar-refractivity contribution in [1.82, 2.24) is 5.32 Å². The van der Waals surface area contributed by atoms with Crippen LogP contribution in [0.2, 0.25) is 0 Å². The zero-order chi connectivity index (χ0) is 21.6. The average Bonchev–Trinajstić information content (AvgIpc) is 3.02. The molecular weight excluding hydrogens is 394 g/mol. The van der Waals surface area contributed by atoms with Crippen molar-refractivity contribution in [2.24, 2.45) is 11.8 Å². The fourth-order valence-corrected chi connectivity index (χ4v) is 4.99. The van der Waals surface area contributed by atoms with Gasteiger partial charge in [0, 0.05) is 25.0 Å². The molecule has 29 heavy (non-hydrogen) atoms. The Bertz CT molecular complexity index is 553. The van der Waals surface area contributed by atoms with Crippen molar-refractivity contribution in [3.05, 3.63) is 0 Å². The summed E-state index contributed by atoms with van der Waals surface area (Å²) >= 11 is 1.70. The molecule has 0 aliphatic heterocycles. The van der Waals surface area contributed by atoms with Gasteiger partial charge in [-0.2, -0.15) is 11.8 Å². The van der Waals surface area contributed by atoms with Crippen LogP contribution in [-0.2, 0) is 19.2 Å². The summed E-state index contributed by atoms with van der Waals surface area (Å²) in [5.74, 6) is -1.21. The van der Waals surface area contributed by atoms with Crippen LogP contribution in [0.15, 0.2) is 0 Å². The molecule has 1 aliphatic carbocycles. The third-order valence-corrected chi connectivity index (χ3v) is 6.59. The summed E-state index contributed by atoms with van der Waals surface area (Å²) < 4.78 is 0. The summed E-state index contributed by atoms with van der Waals surface area (Å²) in [5, 5.41) is 20.7. The first kappa shape index (κ1) is 25.5. The number of unbranched alkanes of at least 4 members (excludes halogenated alkanes) is 7. The van der Waals surface area contributed by atoms with Gasteiger partial charge in [0.05, 0.1) is 5.92 Å². The summed E-state index contributed by atoms with van der Waals surface area (Å²) in [7, 11) is 0. The molecule has 0 aromatic rings. The van der Waals surface area contributed by atoms with Crippen molar-refractivity contribution < 1.29 is 29.4 Å². The van der Waals surface area contributed by atoms with Gasteiger partial charge in [-0.25, -0.2) is 4.79 Å². The SMILES string of the molecule is CC(=O)NC(CCCCCCCCCCSC[C@@H]1C(=O)CC[C@H]1C(=O)O)C(=O)O. The number of hydrogen-bond acceptors (Lipinski definition) is 5. The predicted molar refractivity (Wildman–Crippen MR) is 113 cm³/mol. The first-order valence-corrected chi connectivity index (χ1v) is 11.8. The Kier molecular flexibility index (Phi) is 12.7. The van der Waals surface area contributed by atoms with E-state index < -0.39 is 23.9 Å². The minimum absolute atomic E-state index is 0.108. The van der Waals surface area contributed by atoms with E-state index in [1.807, 2.05) is 0 Å². The maximum atomic E-state index is 11.8. The summed E-state index contributed by atoms with van der Waals surface area (Å²) in [4.78, 5) is 44.9. The molecule has 1 saturated carbocycles. The molecule has 1 rings (SSSR count). The Morgan fingerprint density at radius 2 is 1.62 bits per heavy atom. The van der Waals surface area contributed by atoms with Crippen LogP contribution >= 0.6 is 11.8 Å². The average molecular weight is 430 g/mol. The lowest BCUT2D eigenvalue weighted by atomic mass is 9.98. The summed E-state index contributed by atoms with van der Waals surface area (Å²) in [6, 6.07) is -0.782. The molecule has 3 N–H and O–H groups in total. The third-order valence-electron chi connectivity index (χ3n) is 5.42. The second-order valence-electron chi connectivity index (χ2n) is 7.84. The standard InChI is InChI=1S/C21H35NO6S/c1-15(23)22-18(21(27)28)10-8-6-4-2-3-5-7-9-13-29-14-17-16(20(25)26)11-12-19(17)24/h16-18H,2-14H2,1H3,(H,22,23)(H,25,26)(H,27,28)/t16-,17+,18?/m1/s1. The Morgan fingerprint density at radius 1 is 1.03 bits per heavy atom. The number of ketones is 1. The molecular formula is C21H35NO6S. The van der Waals surface area contributed by atoms with E-state index in [0.717, 1.165) is 57.1 Å². The fourth-order valence-electron chi connectivity index (χ4n) is 3.74. The molecule has 1 amide bonds. The highest BCUT2D eigenvalue weighted by atomic mass is 32.2. The second-order valence-corrected chi connectivity index (χ2v) is 8.99. The second kappa shape index (κ2) is 14.4. The van der Waals surface area contributed by atoms with E-state index in [2.05, 4.69) is 5.32 Å². The van der Waals surface area contributed by atoms with Crippen molar-refractivity contribution in [3.8, 4) is 0 Å². The van der Waals surface area contributed by atoms with Gasteiger partial charge >= 0.3 is 11.9 Å². The molecule has 0 bridgehead atoms. The number of thioether (sulfide) groups is 1. The van der Waals surface area contributed by atoms with Crippen LogP contribution in [-0.4, -0.2) is 51.4 Å². The first-order valence-electron chi connectivity index (χ1n) is 10.7. The monoisotopic (exact) mass is 429 g/mol. The number of rotatable bonds is 16. The molecule has 166 valence electrons. The van der Waals surface area contributed by atoms with Crippen LogP contribution < -0.4 is 5.32 Å². The molecule has 0 aromatic carbocycles. The summed E-state index contributed by atoms with van der Waals surface area (Å²) in [6.07, 6.45) is 9.87. The Morgan fingerprint density at radius 3 is 2.17 bits per heavy atom. The van der Waals surface area contributed by atoms with E-state index in [1.165, 1.54) is 6.92 Å². The molecule has 0 heterocycles. The number of carbonyl (C=O) groups is 4. The van der Waals surface area contributed by atoms with Crippen molar-refractivity contribution >= 4 is 35.4 Å². The van der Waals surface area contributed by atoms with Gasteiger partial charge in [-0.1, -0.05) is 44.9 Å². The Hall–Kier alpha value is -1.57. The normalized spacial score (nSPS) is 19.8. The van der Waals surface area contributed by atoms with Gasteiger partial charge in [-0.05, 0) is 25.0 Å². The van der Waals surface area contributed by atoms with E-state index >= 15 is 0 Å². The molecule has 1 fully saturated rings. The molecule has 0 saturated heterocycles. The van der Waals surface area contributed by atoms with E-state index in [4.69, 9.17) is 10.2 Å². The maximum Gasteiger partial charge on any atom is 0.326 e. The molecule has 8 heteroatoms. The molecule has 1 aliphatic rings. The Balaban J connectivity index is 1.95. The predicted octanol–water partition coefficient (Wildman–Crippen LogP) is 3.50. The zero-order valence-electron chi connectivity index (χ0n) is 17.4. The number of Topliss-reactive ketones (excluding diaryl/α,β-unsaturated/α-hetero) is 1. The maximum absolute atomic E-state index is 11.8. The van der Waals surface area contributed by atoms with E-state index in [0.29, 0.717) is 25.0 Å². The summed E-state index contributed by atoms with van der Waals surface area (Å²) in [6.45, 7) is 1.33. The molecule has 0 spiro atoms. The van der Waals surface area contributed by atoms with Crippen molar-refractivity contribution in [2.45, 2.75) is 83.6 Å². The number of carbonyl (C=O) groups excluding carboxylic acids is 2. The van der Waals surface area contributed by atoms with Crippen LogP contribution in [0.1, 0.15) is 77.6 Å². The number of nitrogens with one attached hydrogen (secondary N) is 1. The largest absolute Gasteiger partial charge is 0.481 e. The van der Waals surface area contributed by atoms with Crippen molar-refractivity contribution in [3.63, 3.8) is 0 Å². The van der Waals surface area contributed by atoms with Crippen LogP contribution in [0.4, 0.5) is 0 Å². The minimum Gasteiger partial charge on any atom is -0.481 e. The topological polar surface area (TPSA) is 121 Å². The Labute approximate surface area is 177 Å². The quantitative estimate of drug-likeness (QED) is 0.321. The van der Waals surface area contributed by atoms with Crippen LogP contribution in [0.25, 0.3) is 0 Å². The van der Waals surface area contributed by atoms with Gasteiger partial charge in [0.1, 0.15) is 11.8 Å². The van der Waals surface area contributed by atoms with Crippen molar-refractivity contribution in [1.29, 1.82) is 0 Å². The molecule has 7 nitrogen and oxygen atoms in total. The molecule has 0 radical (unpaired) electrons. The fraction of sp³-hybridized carbons (Fsp3) is 0.810. The van der Waals surface area contributed by atoms with E-state index in [1.54, 1.807) is 11.8 Å². The van der Waals surface area contributed by atoms with Crippen molar-refractivity contribution in [2.75, 3.05) is 11.5 Å². The number of carboxylic acids is 2. The lowest BCUT2D eigenvalue weighted by molar-refractivity contribution is -0.144. The number of amides is 1. The van der Waals surface area contributed by atoms with Crippen LogP contribution in [0, 0.1) is 11.8 Å². The third kappa shape index (κ3) is 10.7. The van der Waals surface area contributed by atoms with Gasteiger partial charge in [-0.3, -0.25) is 14.4 Å². The van der Waals surface area contributed by atoms with Gasteiger partial charge < -0.3 is 15.5 Å². The lowest BCUT2D eigenvalue weighted by Gasteiger charge is -2.13. The number of aliphatic carboxylic acids is 2. The smallest absolute Gasteiger partial charge is 0.326 e. The lowest BCUT2D eigenvalue weighted by Crippen LogP contribution is -2.39. The van der Waals surface area contributed by atoms with E-state index in [-0.39, 0.29) is 17.6 Å². The van der Waals surface area contributed by atoms with Crippen LogP contribution in [0.3, 0.4) is 0 Å². The molecule has 3 atom stereocenters. The summed E-state index contributed by atoms with van der Waals surface area (Å²) in [5.41, 5.74) is 0. The molecule has 1 unspecified atom stereocenters.